The normalized spacial score (nSPS) is 17.4. The molecule has 0 saturated carbocycles. The maximum Gasteiger partial charge on any atom is 0.262 e. The molecule has 25 heavy (non-hydrogen) atoms. The average Bonchev–Trinajstić information content (AvgIpc) is 3.07. The molecule has 7 heteroatoms. The standard InChI is InChI=1S/C18H20FNO4S/c1-13-4-7-16(8-5-13)25(21,22)20-17-11-14(19)6-9-18(17)24-12-15-3-2-10-23-15/h4-9,11,15,20H,2-3,10,12H2,1H3. The van der Waals surface area contributed by atoms with Gasteiger partial charge >= 0.3 is 0 Å². The zero-order chi connectivity index (χ0) is 17.9. The van der Waals surface area contributed by atoms with Crippen molar-refractivity contribution in [2.75, 3.05) is 17.9 Å². The van der Waals surface area contributed by atoms with Crippen LogP contribution in [0.25, 0.3) is 0 Å². The quantitative estimate of drug-likeness (QED) is 0.851. The van der Waals surface area contributed by atoms with Crippen molar-refractivity contribution in [2.24, 2.45) is 0 Å². The summed E-state index contributed by atoms with van der Waals surface area (Å²) in [5.74, 6) is -0.279. The summed E-state index contributed by atoms with van der Waals surface area (Å²) in [7, 11) is -3.83. The van der Waals surface area contributed by atoms with Crippen molar-refractivity contribution in [1.82, 2.24) is 0 Å². The lowest BCUT2D eigenvalue weighted by atomic mass is 10.2. The minimum absolute atomic E-state index is 0.0217. The van der Waals surface area contributed by atoms with Gasteiger partial charge in [0.2, 0.25) is 0 Å². The van der Waals surface area contributed by atoms with Gasteiger partial charge in [0.1, 0.15) is 18.2 Å². The molecule has 0 spiro atoms. The predicted molar refractivity (Wildman–Crippen MR) is 92.9 cm³/mol. The van der Waals surface area contributed by atoms with Gasteiger partial charge in [-0.25, -0.2) is 12.8 Å². The average molecular weight is 365 g/mol. The van der Waals surface area contributed by atoms with Crippen LogP contribution < -0.4 is 9.46 Å². The van der Waals surface area contributed by atoms with Gasteiger partial charge in [-0.2, -0.15) is 0 Å². The summed E-state index contributed by atoms with van der Waals surface area (Å²) in [4.78, 5) is 0.104. The number of hydrogen-bond donors (Lipinski definition) is 1. The summed E-state index contributed by atoms with van der Waals surface area (Å²) in [6.07, 6.45) is 1.85. The van der Waals surface area contributed by atoms with Gasteiger partial charge in [0, 0.05) is 12.7 Å². The molecule has 1 N–H and O–H groups in total. The van der Waals surface area contributed by atoms with Gasteiger partial charge in [0.25, 0.3) is 10.0 Å². The van der Waals surface area contributed by atoms with Gasteiger partial charge in [-0.1, -0.05) is 17.7 Å². The van der Waals surface area contributed by atoms with E-state index in [1.165, 1.54) is 24.3 Å². The first-order chi connectivity index (χ1) is 11.9. The first-order valence-corrected chi connectivity index (χ1v) is 9.56. The van der Waals surface area contributed by atoms with E-state index in [4.69, 9.17) is 9.47 Å². The highest BCUT2D eigenvalue weighted by Crippen LogP contribution is 2.29. The number of anilines is 1. The fourth-order valence-electron chi connectivity index (χ4n) is 2.59. The van der Waals surface area contributed by atoms with Gasteiger partial charge in [0.05, 0.1) is 16.7 Å². The number of halogens is 1. The summed E-state index contributed by atoms with van der Waals surface area (Å²) in [6, 6.07) is 10.2. The molecule has 2 aromatic rings. The SMILES string of the molecule is Cc1ccc(S(=O)(=O)Nc2cc(F)ccc2OCC2CCCO2)cc1. The molecule has 0 amide bonds. The molecule has 0 aliphatic carbocycles. The third-order valence-corrected chi connectivity index (χ3v) is 5.35. The van der Waals surface area contributed by atoms with Gasteiger partial charge in [-0.15, -0.1) is 0 Å². The molecule has 5 nitrogen and oxygen atoms in total. The van der Waals surface area contributed by atoms with Gasteiger partial charge < -0.3 is 9.47 Å². The molecule has 1 aliphatic heterocycles. The van der Waals surface area contributed by atoms with Crippen LogP contribution in [0.5, 0.6) is 5.75 Å². The Morgan fingerprint density at radius 1 is 1.24 bits per heavy atom. The Bertz CT molecular complexity index is 831. The summed E-state index contributed by atoms with van der Waals surface area (Å²) < 4.78 is 52.2. The van der Waals surface area contributed by atoms with Crippen LogP contribution in [0.15, 0.2) is 47.4 Å². The molecule has 1 saturated heterocycles. The number of nitrogens with one attached hydrogen (secondary N) is 1. The van der Waals surface area contributed by atoms with E-state index in [9.17, 15) is 12.8 Å². The van der Waals surface area contributed by atoms with Crippen molar-refractivity contribution >= 4 is 15.7 Å². The zero-order valence-corrected chi connectivity index (χ0v) is 14.7. The Morgan fingerprint density at radius 3 is 2.68 bits per heavy atom. The zero-order valence-electron chi connectivity index (χ0n) is 13.9. The Morgan fingerprint density at radius 2 is 2.00 bits per heavy atom. The van der Waals surface area contributed by atoms with Crippen LogP contribution in [-0.4, -0.2) is 27.7 Å². The number of aryl methyl sites for hydroxylation is 1. The highest BCUT2D eigenvalue weighted by molar-refractivity contribution is 7.92. The minimum atomic E-state index is -3.83. The molecular weight excluding hydrogens is 345 g/mol. The molecular formula is C18H20FNO4S. The fraction of sp³-hybridized carbons (Fsp3) is 0.333. The van der Waals surface area contributed by atoms with E-state index in [-0.39, 0.29) is 22.4 Å². The highest BCUT2D eigenvalue weighted by Gasteiger charge is 2.20. The highest BCUT2D eigenvalue weighted by atomic mass is 32.2. The topological polar surface area (TPSA) is 64.6 Å². The van der Waals surface area contributed by atoms with E-state index in [0.29, 0.717) is 13.2 Å². The van der Waals surface area contributed by atoms with Crippen molar-refractivity contribution in [3.8, 4) is 5.75 Å². The number of sulfonamides is 1. The molecule has 1 atom stereocenters. The van der Waals surface area contributed by atoms with E-state index < -0.39 is 15.8 Å². The maximum absolute atomic E-state index is 13.6. The summed E-state index contributed by atoms with van der Waals surface area (Å²) in [5.41, 5.74) is 1.02. The van der Waals surface area contributed by atoms with E-state index in [1.54, 1.807) is 12.1 Å². The number of benzene rings is 2. The monoisotopic (exact) mass is 365 g/mol. The van der Waals surface area contributed by atoms with Crippen molar-refractivity contribution in [3.05, 3.63) is 53.8 Å². The van der Waals surface area contributed by atoms with Crippen molar-refractivity contribution in [1.29, 1.82) is 0 Å². The lowest BCUT2D eigenvalue weighted by Gasteiger charge is -2.16. The molecule has 0 aromatic heterocycles. The van der Waals surface area contributed by atoms with Gasteiger partial charge in [-0.05, 0) is 44.0 Å². The van der Waals surface area contributed by atoms with Crippen LogP contribution in [0.3, 0.4) is 0 Å². The molecule has 1 fully saturated rings. The first kappa shape index (κ1) is 17.7. The second-order valence-electron chi connectivity index (χ2n) is 6.01. The second kappa shape index (κ2) is 7.41. The molecule has 1 aliphatic rings. The lowest BCUT2D eigenvalue weighted by Crippen LogP contribution is -2.18. The van der Waals surface area contributed by atoms with Crippen molar-refractivity contribution in [3.63, 3.8) is 0 Å². The Balaban J connectivity index is 1.80. The molecule has 1 heterocycles. The molecule has 1 unspecified atom stereocenters. The third kappa shape index (κ3) is 4.49. The predicted octanol–water partition coefficient (Wildman–Crippen LogP) is 3.49. The molecule has 134 valence electrons. The summed E-state index contributed by atoms with van der Waals surface area (Å²) in [5, 5.41) is 0. The lowest BCUT2D eigenvalue weighted by molar-refractivity contribution is 0.0682. The van der Waals surface area contributed by atoms with E-state index in [0.717, 1.165) is 24.5 Å². The Kier molecular flexibility index (Phi) is 5.24. The molecule has 3 rings (SSSR count). The van der Waals surface area contributed by atoms with E-state index in [1.807, 2.05) is 6.92 Å². The molecule has 0 radical (unpaired) electrons. The van der Waals surface area contributed by atoms with Crippen LogP contribution in [0.2, 0.25) is 0 Å². The smallest absolute Gasteiger partial charge is 0.262 e. The second-order valence-corrected chi connectivity index (χ2v) is 7.69. The van der Waals surface area contributed by atoms with Crippen molar-refractivity contribution in [2.45, 2.75) is 30.8 Å². The van der Waals surface area contributed by atoms with Crippen LogP contribution in [0.4, 0.5) is 10.1 Å². The van der Waals surface area contributed by atoms with E-state index in [2.05, 4.69) is 4.72 Å². The van der Waals surface area contributed by atoms with Crippen LogP contribution in [0, 0.1) is 12.7 Å². The van der Waals surface area contributed by atoms with Gasteiger partial charge in [-0.3, -0.25) is 4.72 Å². The van der Waals surface area contributed by atoms with Crippen LogP contribution in [0.1, 0.15) is 18.4 Å². The van der Waals surface area contributed by atoms with Crippen LogP contribution in [-0.2, 0) is 14.8 Å². The van der Waals surface area contributed by atoms with E-state index >= 15 is 0 Å². The molecule has 0 bridgehead atoms. The number of ether oxygens (including phenoxy) is 2. The fourth-order valence-corrected chi connectivity index (χ4v) is 3.65. The summed E-state index contributed by atoms with van der Waals surface area (Å²) in [6.45, 7) is 2.86. The third-order valence-electron chi connectivity index (χ3n) is 3.97. The van der Waals surface area contributed by atoms with Crippen molar-refractivity contribution < 1.29 is 22.3 Å². The number of rotatable bonds is 6. The maximum atomic E-state index is 13.6. The summed E-state index contributed by atoms with van der Waals surface area (Å²) >= 11 is 0. The first-order valence-electron chi connectivity index (χ1n) is 8.07. The van der Waals surface area contributed by atoms with Gasteiger partial charge in [0.15, 0.2) is 0 Å². The minimum Gasteiger partial charge on any atom is -0.489 e. The largest absolute Gasteiger partial charge is 0.489 e. The van der Waals surface area contributed by atoms with Crippen LogP contribution >= 0.6 is 0 Å². The Hall–Kier alpha value is -2.12. The Labute approximate surface area is 146 Å². The number of hydrogen-bond acceptors (Lipinski definition) is 4. The molecule has 2 aromatic carbocycles.